The Hall–Kier alpha value is -1.96. The molecule has 0 aliphatic heterocycles. The first-order valence-electron chi connectivity index (χ1n) is 4.73. The molecular weight excluding hydrogens is 242 g/mol. The minimum atomic E-state index is -0.989. The molecule has 0 saturated heterocycles. The van der Waals surface area contributed by atoms with Crippen LogP contribution in [0.2, 0.25) is 0 Å². The number of carboxylic acid groups (broad SMARTS) is 1. The summed E-state index contributed by atoms with van der Waals surface area (Å²) in [5, 5.41) is 20.6. The molecule has 0 spiro atoms. The largest absolute Gasteiger partial charge is 0.480 e. The summed E-state index contributed by atoms with van der Waals surface area (Å²) in [7, 11) is 0. The fourth-order valence-corrected chi connectivity index (χ4v) is 1.98. The van der Waals surface area contributed by atoms with Crippen molar-refractivity contribution in [2.45, 2.75) is 23.7 Å². The third kappa shape index (κ3) is 3.00. The van der Waals surface area contributed by atoms with Crippen molar-refractivity contribution in [2.24, 2.45) is 0 Å². The van der Waals surface area contributed by atoms with E-state index >= 15 is 0 Å². The standard InChI is InChI=1S/C9H9N5O2S/c1-6-2-3-10-7(4-6)17-9-11-12-13-14(9)5-8(15)16/h2-4H,5H2,1H3,(H,15,16). The second-order valence-electron chi connectivity index (χ2n) is 3.29. The van der Waals surface area contributed by atoms with E-state index in [1.165, 1.54) is 16.4 Å². The minimum Gasteiger partial charge on any atom is -0.480 e. The van der Waals surface area contributed by atoms with E-state index in [1.807, 2.05) is 19.1 Å². The second-order valence-corrected chi connectivity index (χ2v) is 4.27. The normalized spacial score (nSPS) is 10.4. The Bertz CT molecular complexity index is 542. The average Bonchev–Trinajstić information content (AvgIpc) is 2.65. The SMILES string of the molecule is Cc1ccnc(Sc2nnnn2CC(=O)O)c1. The first kappa shape index (κ1) is 11.5. The number of rotatable bonds is 4. The topological polar surface area (TPSA) is 93.8 Å². The molecule has 7 nitrogen and oxygen atoms in total. The monoisotopic (exact) mass is 251 g/mol. The molecule has 17 heavy (non-hydrogen) atoms. The van der Waals surface area contributed by atoms with Gasteiger partial charge in [-0.25, -0.2) is 9.67 Å². The molecule has 0 unspecified atom stereocenters. The Morgan fingerprint density at radius 2 is 2.41 bits per heavy atom. The zero-order valence-corrected chi connectivity index (χ0v) is 9.76. The average molecular weight is 251 g/mol. The number of aryl methyl sites for hydroxylation is 1. The van der Waals surface area contributed by atoms with E-state index in [9.17, 15) is 4.79 Å². The van der Waals surface area contributed by atoms with Gasteiger partial charge < -0.3 is 5.11 Å². The van der Waals surface area contributed by atoms with Gasteiger partial charge in [-0.2, -0.15) is 0 Å². The van der Waals surface area contributed by atoms with Crippen LogP contribution in [0.25, 0.3) is 0 Å². The fraction of sp³-hybridized carbons (Fsp3) is 0.222. The van der Waals surface area contributed by atoms with E-state index in [-0.39, 0.29) is 6.54 Å². The predicted molar refractivity (Wildman–Crippen MR) is 58.5 cm³/mol. The first-order chi connectivity index (χ1) is 8.15. The summed E-state index contributed by atoms with van der Waals surface area (Å²) in [4.78, 5) is 14.7. The molecule has 0 fully saturated rings. The molecule has 2 heterocycles. The predicted octanol–water partition coefficient (Wildman–Crippen LogP) is 0.612. The molecule has 0 amide bonds. The van der Waals surface area contributed by atoms with Crippen molar-refractivity contribution >= 4 is 17.7 Å². The number of carbonyl (C=O) groups is 1. The maximum atomic E-state index is 10.6. The Labute approximate surface area is 101 Å². The van der Waals surface area contributed by atoms with Crippen LogP contribution in [0.5, 0.6) is 0 Å². The summed E-state index contributed by atoms with van der Waals surface area (Å²) < 4.78 is 1.22. The zero-order chi connectivity index (χ0) is 12.3. The number of aromatic nitrogens is 5. The highest BCUT2D eigenvalue weighted by molar-refractivity contribution is 7.99. The van der Waals surface area contributed by atoms with E-state index in [0.717, 1.165) is 10.6 Å². The summed E-state index contributed by atoms with van der Waals surface area (Å²) in [6.45, 7) is 1.69. The first-order valence-corrected chi connectivity index (χ1v) is 5.55. The lowest BCUT2D eigenvalue weighted by molar-refractivity contribution is -0.138. The van der Waals surface area contributed by atoms with Crippen LogP contribution in [0.3, 0.4) is 0 Å². The van der Waals surface area contributed by atoms with Gasteiger partial charge in [0.05, 0.1) is 0 Å². The highest BCUT2D eigenvalue weighted by Gasteiger charge is 2.11. The minimum absolute atomic E-state index is 0.263. The van der Waals surface area contributed by atoms with Crippen molar-refractivity contribution in [2.75, 3.05) is 0 Å². The lowest BCUT2D eigenvalue weighted by Crippen LogP contribution is -2.11. The van der Waals surface area contributed by atoms with Gasteiger partial charge in [0.15, 0.2) is 0 Å². The maximum Gasteiger partial charge on any atom is 0.325 e. The second kappa shape index (κ2) is 4.91. The van der Waals surface area contributed by atoms with E-state index < -0.39 is 5.97 Å². The van der Waals surface area contributed by atoms with Gasteiger partial charge in [0, 0.05) is 6.20 Å². The molecule has 0 saturated carbocycles. The van der Waals surface area contributed by atoms with E-state index in [4.69, 9.17) is 5.11 Å². The van der Waals surface area contributed by atoms with E-state index in [1.54, 1.807) is 6.20 Å². The molecule has 2 aromatic heterocycles. The smallest absolute Gasteiger partial charge is 0.325 e. The van der Waals surface area contributed by atoms with Gasteiger partial charge in [-0.05, 0) is 46.8 Å². The Balaban J connectivity index is 2.18. The quantitative estimate of drug-likeness (QED) is 0.850. The van der Waals surface area contributed by atoms with Crippen molar-refractivity contribution in [1.82, 2.24) is 25.2 Å². The van der Waals surface area contributed by atoms with Crippen LogP contribution >= 0.6 is 11.8 Å². The van der Waals surface area contributed by atoms with Crippen molar-refractivity contribution in [3.05, 3.63) is 23.9 Å². The molecule has 8 heteroatoms. The summed E-state index contributed by atoms with van der Waals surface area (Å²) in [6.07, 6.45) is 1.68. The number of aliphatic carboxylic acids is 1. The molecule has 0 aliphatic carbocycles. The molecule has 0 aromatic carbocycles. The number of carboxylic acids is 1. The third-order valence-electron chi connectivity index (χ3n) is 1.87. The van der Waals surface area contributed by atoms with Crippen LogP contribution in [0, 0.1) is 6.92 Å². The molecule has 2 aromatic rings. The fourth-order valence-electron chi connectivity index (χ4n) is 1.15. The van der Waals surface area contributed by atoms with Gasteiger partial charge in [-0.15, -0.1) is 5.10 Å². The van der Waals surface area contributed by atoms with Crippen LogP contribution in [0.15, 0.2) is 28.5 Å². The Morgan fingerprint density at radius 1 is 1.59 bits per heavy atom. The molecule has 2 rings (SSSR count). The lowest BCUT2D eigenvalue weighted by atomic mass is 10.3. The van der Waals surface area contributed by atoms with Crippen LogP contribution in [0.4, 0.5) is 0 Å². The van der Waals surface area contributed by atoms with Gasteiger partial charge >= 0.3 is 5.97 Å². The van der Waals surface area contributed by atoms with Crippen LogP contribution in [0.1, 0.15) is 5.56 Å². The molecule has 1 N–H and O–H groups in total. The molecule has 0 radical (unpaired) electrons. The van der Waals surface area contributed by atoms with Gasteiger partial charge in [-0.3, -0.25) is 4.79 Å². The van der Waals surface area contributed by atoms with Gasteiger partial charge in [-0.1, -0.05) is 0 Å². The van der Waals surface area contributed by atoms with Crippen molar-refractivity contribution in [3.63, 3.8) is 0 Å². The lowest BCUT2D eigenvalue weighted by Gasteiger charge is -2.01. The van der Waals surface area contributed by atoms with Crippen molar-refractivity contribution < 1.29 is 9.90 Å². The van der Waals surface area contributed by atoms with Gasteiger partial charge in [0.25, 0.3) is 0 Å². The molecule has 0 aliphatic rings. The Morgan fingerprint density at radius 3 is 3.12 bits per heavy atom. The summed E-state index contributed by atoms with van der Waals surface area (Å²) in [5.41, 5.74) is 1.07. The van der Waals surface area contributed by atoms with Crippen molar-refractivity contribution in [1.29, 1.82) is 0 Å². The molecule has 0 atom stereocenters. The maximum absolute atomic E-state index is 10.6. The van der Waals surface area contributed by atoms with Gasteiger partial charge in [0.2, 0.25) is 5.16 Å². The summed E-state index contributed by atoms with van der Waals surface area (Å²) in [6, 6.07) is 3.76. The van der Waals surface area contributed by atoms with E-state index in [2.05, 4.69) is 20.5 Å². The highest BCUT2D eigenvalue weighted by Crippen LogP contribution is 2.23. The molecule has 88 valence electrons. The van der Waals surface area contributed by atoms with Crippen molar-refractivity contribution in [3.8, 4) is 0 Å². The molecular formula is C9H9N5O2S. The van der Waals surface area contributed by atoms with Crippen LogP contribution in [-0.2, 0) is 11.3 Å². The van der Waals surface area contributed by atoms with Crippen LogP contribution < -0.4 is 0 Å². The highest BCUT2D eigenvalue weighted by atomic mass is 32.2. The van der Waals surface area contributed by atoms with E-state index in [0.29, 0.717) is 5.16 Å². The zero-order valence-electron chi connectivity index (χ0n) is 8.94. The number of pyridine rings is 1. The number of nitrogens with zero attached hydrogens (tertiary/aromatic N) is 5. The van der Waals surface area contributed by atoms with Crippen LogP contribution in [-0.4, -0.2) is 36.3 Å². The summed E-state index contributed by atoms with van der Waals surface area (Å²) in [5.74, 6) is -0.989. The third-order valence-corrected chi connectivity index (χ3v) is 2.78. The number of tetrazole rings is 1. The molecule has 0 bridgehead atoms. The number of hydrogen-bond donors (Lipinski definition) is 1. The summed E-state index contributed by atoms with van der Waals surface area (Å²) >= 11 is 1.23. The number of hydrogen-bond acceptors (Lipinski definition) is 6. The Kier molecular flexibility index (Phi) is 3.33. The van der Waals surface area contributed by atoms with Gasteiger partial charge in [0.1, 0.15) is 11.6 Å².